The average Bonchev–Trinajstić information content (AvgIpc) is 3.31. The number of carbonyl (C=O) groups excluding carboxylic acids is 2. The number of nitrogens with zero attached hydrogens (tertiary/aromatic N) is 3. The largest absolute Gasteiger partial charge is 0.467 e. The lowest BCUT2D eigenvalue weighted by Gasteiger charge is -2.09. The quantitative estimate of drug-likeness (QED) is 0.501. The number of carbonyl (C=O) groups is 2. The Kier molecular flexibility index (Phi) is 6.95. The molecule has 0 aliphatic carbocycles. The molecule has 8 nitrogen and oxygen atoms in total. The van der Waals surface area contributed by atoms with Crippen LogP contribution in [0.15, 0.2) is 46.2 Å². The molecular weight excluding hydrogens is 414 g/mol. The van der Waals surface area contributed by atoms with Gasteiger partial charge in [-0.15, -0.1) is 10.2 Å². The van der Waals surface area contributed by atoms with Gasteiger partial charge in [-0.05, 0) is 36.8 Å². The summed E-state index contributed by atoms with van der Waals surface area (Å²) in [5, 5.41) is 12.1. The second-order valence-electron chi connectivity index (χ2n) is 6.35. The molecule has 3 N–H and O–H groups in total. The van der Waals surface area contributed by atoms with E-state index in [9.17, 15) is 9.59 Å². The normalized spacial score (nSPS) is 10.8. The van der Waals surface area contributed by atoms with E-state index < -0.39 is 5.91 Å². The van der Waals surface area contributed by atoms with Crippen molar-refractivity contribution < 1.29 is 14.0 Å². The molecule has 1 aromatic carbocycles. The van der Waals surface area contributed by atoms with E-state index in [4.69, 9.17) is 21.8 Å². The highest BCUT2D eigenvalue weighted by Gasteiger charge is 2.16. The third-order valence-electron chi connectivity index (χ3n) is 4.01. The van der Waals surface area contributed by atoms with Crippen molar-refractivity contribution in [2.75, 3.05) is 11.1 Å². The van der Waals surface area contributed by atoms with E-state index in [1.54, 1.807) is 24.5 Å². The van der Waals surface area contributed by atoms with Crippen molar-refractivity contribution in [2.45, 2.75) is 31.5 Å². The molecule has 0 unspecified atom stereocenters. The molecule has 2 aromatic heterocycles. The molecule has 0 saturated carbocycles. The molecule has 29 heavy (non-hydrogen) atoms. The maximum absolute atomic E-state index is 12.3. The zero-order valence-electron chi connectivity index (χ0n) is 15.7. The number of nitrogens with two attached hydrogens (primary N) is 1. The first kappa shape index (κ1) is 20.9. The van der Waals surface area contributed by atoms with Gasteiger partial charge in [0.1, 0.15) is 11.6 Å². The summed E-state index contributed by atoms with van der Waals surface area (Å²) in [5.41, 5.74) is 6.81. The lowest BCUT2D eigenvalue weighted by Crippen LogP contribution is -2.16. The summed E-state index contributed by atoms with van der Waals surface area (Å²) in [6, 6.07) is 9.04. The first-order valence-electron chi connectivity index (χ1n) is 8.84. The lowest BCUT2D eigenvalue weighted by atomic mass is 10.2. The first-order valence-corrected chi connectivity index (χ1v) is 10.2. The SMILES string of the molecule is Cc1ccc(NC(=O)CSc2nnc(CCC(N)=O)n2Cc2ccco2)c(Cl)c1. The third kappa shape index (κ3) is 5.85. The molecule has 2 amide bonds. The fraction of sp³-hybridized carbons (Fsp3) is 0.263. The highest BCUT2D eigenvalue weighted by molar-refractivity contribution is 7.99. The van der Waals surface area contributed by atoms with Crippen LogP contribution in [0.3, 0.4) is 0 Å². The van der Waals surface area contributed by atoms with Gasteiger partial charge in [0.25, 0.3) is 0 Å². The van der Waals surface area contributed by atoms with Crippen molar-refractivity contribution in [3.8, 4) is 0 Å². The second kappa shape index (κ2) is 9.62. The Morgan fingerprint density at radius 2 is 2.14 bits per heavy atom. The van der Waals surface area contributed by atoms with Crippen LogP contribution >= 0.6 is 23.4 Å². The number of thioether (sulfide) groups is 1. The molecule has 3 rings (SSSR count). The topological polar surface area (TPSA) is 116 Å². The Labute approximate surface area is 176 Å². The van der Waals surface area contributed by atoms with Crippen LogP contribution in [0.1, 0.15) is 23.6 Å². The number of benzene rings is 1. The first-order chi connectivity index (χ1) is 13.9. The standard InChI is InChI=1S/C19H20ClN5O3S/c1-12-4-5-15(14(20)9-12)22-18(27)11-29-19-24-23-17(7-6-16(21)26)25(19)10-13-3-2-8-28-13/h2-5,8-9H,6-7,10-11H2,1H3,(H2,21,26)(H,22,27). The van der Waals surface area contributed by atoms with E-state index in [1.807, 2.05) is 23.6 Å². The van der Waals surface area contributed by atoms with Gasteiger partial charge in [-0.2, -0.15) is 0 Å². The van der Waals surface area contributed by atoms with Gasteiger partial charge in [0.15, 0.2) is 5.16 Å². The monoisotopic (exact) mass is 433 g/mol. The maximum Gasteiger partial charge on any atom is 0.234 e. The number of rotatable bonds is 9. The average molecular weight is 434 g/mol. The van der Waals surface area contributed by atoms with Crippen LogP contribution in [0.5, 0.6) is 0 Å². The van der Waals surface area contributed by atoms with Crippen LogP contribution in [0.4, 0.5) is 5.69 Å². The molecule has 0 spiro atoms. The Morgan fingerprint density at radius 3 is 2.83 bits per heavy atom. The van der Waals surface area contributed by atoms with Crippen molar-refractivity contribution in [2.24, 2.45) is 5.73 Å². The second-order valence-corrected chi connectivity index (χ2v) is 7.70. The van der Waals surface area contributed by atoms with Gasteiger partial charge in [-0.25, -0.2) is 0 Å². The minimum absolute atomic E-state index is 0.121. The molecule has 0 aliphatic rings. The van der Waals surface area contributed by atoms with Gasteiger partial charge in [0, 0.05) is 12.8 Å². The Balaban J connectivity index is 1.68. The van der Waals surface area contributed by atoms with E-state index >= 15 is 0 Å². The van der Waals surface area contributed by atoms with Gasteiger partial charge < -0.3 is 15.5 Å². The van der Waals surface area contributed by atoms with Gasteiger partial charge in [-0.3, -0.25) is 14.2 Å². The summed E-state index contributed by atoms with van der Waals surface area (Å²) in [5.74, 6) is 0.802. The van der Waals surface area contributed by atoms with Crippen LogP contribution in [0.25, 0.3) is 0 Å². The molecule has 0 aliphatic heterocycles. The van der Waals surface area contributed by atoms with E-state index in [1.165, 1.54) is 11.8 Å². The number of nitrogens with one attached hydrogen (secondary N) is 1. The summed E-state index contributed by atoms with van der Waals surface area (Å²) < 4.78 is 7.22. The van der Waals surface area contributed by atoms with Crippen molar-refractivity contribution in [3.05, 3.63) is 58.8 Å². The summed E-state index contributed by atoms with van der Waals surface area (Å²) in [7, 11) is 0. The van der Waals surface area contributed by atoms with Gasteiger partial charge >= 0.3 is 0 Å². The van der Waals surface area contributed by atoms with E-state index in [0.29, 0.717) is 40.4 Å². The lowest BCUT2D eigenvalue weighted by molar-refractivity contribution is -0.118. The van der Waals surface area contributed by atoms with Crippen molar-refractivity contribution in [3.63, 3.8) is 0 Å². The number of primary amides is 1. The molecule has 152 valence electrons. The molecule has 10 heteroatoms. The van der Waals surface area contributed by atoms with Crippen LogP contribution in [0.2, 0.25) is 5.02 Å². The smallest absolute Gasteiger partial charge is 0.234 e. The summed E-state index contributed by atoms with van der Waals surface area (Å²) in [6.07, 6.45) is 2.09. The summed E-state index contributed by atoms with van der Waals surface area (Å²) >= 11 is 7.40. The van der Waals surface area contributed by atoms with Crippen molar-refractivity contribution >= 4 is 40.9 Å². The van der Waals surface area contributed by atoms with Gasteiger partial charge in [0.05, 0.1) is 29.3 Å². The number of hydrogen-bond acceptors (Lipinski definition) is 6. The highest BCUT2D eigenvalue weighted by Crippen LogP contribution is 2.24. The molecular formula is C19H20ClN5O3S. The fourth-order valence-corrected chi connectivity index (χ4v) is 3.64. The number of anilines is 1. The predicted molar refractivity (Wildman–Crippen MR) is 111 cm³/mol. The van der Waals surface area contributed by atoms with E-state index in [0.717, 1.165) is 5.56 Å². The van der Waals surface area contributed by atoms with Crippen LogP contribution < -0.4 is 11.1 Å². The molecule has 0 atom stereocenters. The molecule has 2 heterocycles. The van der Waals surface area contributed by atoms with Crippen LogP contribution in [-0.2, 0) is 22.6 Å². The molecule has 3 aromatic rings. The van der Waals surface area contributed by atoms with E-state index in [2.05, 4.69) is 15.5 Å². The molecule has 0 radical (unpaired) electrons. The van der Waals surface area contributed by atoms with Crippen molar-refractivity contribution in [1.82, 2.24) is 14.8 Å². The maximum atomic E-state index is 12.3. The molecule has 0 saturated heterocycles. The summed E-state index contributed by atoms with van der Waals surface area (Å²) in [4.78, 5) is 23.5. The summed E-state index contributed by atoms with van der Waals surface area (Å²) in [6.45, 7) is 2.32. The minimum atomic E-state index is -0.416. The number of halogens is 1. The third-order valence-corrected chi connectivity index (χ3v) is 5.29. The highest BCUT2D eigenvalue weighted by atomic mass is 35.5. The number of aryl methyl sites for hydroxylation is 2. The zero-order valence-corrected chi connectivity index (χ0v) is 17.3. The van der Waals surface area contributed by atoms with Crippen molar-refractivity contribution in [1.29, 1.82) is 0 Å². The van der Waals surface area contributed by atoms with E-state index in [-0.39, 0.29) is 18.1 Å². The van der Waals surface area contributed by atoms with Crippen LogP contribution in [-0.4, -0.2) is 32.3 Å². The Bertz CT molecular complexity index is 1000. The molecule has 0 bridgehead atoms. The predicted octanol–water partition coefficient (Wildman–Crippen LogP) is 3.03. The number of aromatic nitrogens is 3. The number of hydrogen-bond donors (Lipinski definition) is 2. The fourth-order valence-electron chi connectivity index (χ4n) is 2.60. The molecule has 0 fully saturated rings. The number of amides is 2. The van der Waals surface area contributed by atoms with Crippen LogP contribution in [0, 0.1) is 6.92 Å². The Hall–Kier alpha value is -2.78. The Morgan fingerprint density at radius 1 is 1.31 bits per heavy atom. The number of furan rings is 1. The zero-order chi connectivity index (χ0) is 20.8. The minimum Gasteiger partial charge on any atom is -0.467 e. The van der Waals surface area contributed by atoms with Gasteiger partial charge in [-0.1, -0.05) is 29.4 Å². The van der Waals surface area contributed by atoms with Gasteiger partial charge in [0.2, 0.25) is 11.8 Å².